The molecule has 2 aromatic rings. The highest BCUT2D eigenvalue weighted by Gasteiger charge is 2.28. The van der Waals surface area contributed by atoms with Crippen LogP contribution in [0, 0.1) is 0 Å². The van der Waals surface area contributed by atoms with Crippen LogP contribution in [-0.2, 0) is 21.4 Å². The van der Waals surface area contributed by atoms with E-state index in [9.17, 15) is 13.2 Å². The van der Waals surface area contributed by atoms with Gasteiger partial charge in [0.2, 0.25) is 15.9 Å². The first-order chi connectivity index (χ1) is 11.4. The number of aryl methyl sites for hydroxylation is 1. The van der Waals surface area contributed by atoms with E-state index in [2.05, 4.69) is 10.3 Å². The summed E-state index contributed by atoms with van der Waals surface area (Å²) in [6.45, 7) is 2.79. The summed E-state index contributed by atoms with van der Waals surface area (Å²) in [4.78, 5) is 16.3. The van der Waals surface area contributed by atoms with E-state index in [4.69, 9.17) is 0 Å². The summed E-state index contributed by atoms with van der Waals surface area (Å²) in [5.74, 6) is -0.324. The second-order valence-corrected chi connectivity index (χ2v) is 7.37. The molecule has 1 heterocycles. The standard InChI is InChI=1S/C16H22N4O3S/c1-14(16(21)18-9-6-11-19-12-10-17-13-19)20(24(2,22)23)15-7-4-3-5-8-15/h3-5,7-8,10,12-14H,6,9,11H2,1-2H3,(H,18,21)/t14-/m1/s1. The SMILES string of the molecule is C[C@H](C(=O)NCCCn1ccnc1)N(c1ccccc1)S(C)(=O)=O. The monoisotopic (exact) mass is 350 g/mol. The number of sulfonamides is 1. The zero-order valence-corrected chi connectivity index (χ0v) is 14.6. The van der Waals surface area contributed by atoms with Gasteiger partial charge in [-0.05, 0) is 25.5 Å². The third-order valence-electron chi connectivity index (χ3n) is 3.55. The van der Waals surface area contributed by atoms with Crippen molar-refractivity contribution in [1.82, 2.24) is 14.9 Å². The van der Waals surface area contributed by atoms with Crippen molar-refractivity contribution in [3.63, 3.8) is 0 Å². The Hall–Kier alpha value is -2.35. The first-order valence-corrected chi connectivity index (χ1v) is 9.52. The van der Waals surface area contributed by atoms with Gasteiger partial charge in [-0.1, -0.05) is 18.2 Å². The highest BCUT2D eigenvalue weighted by atomic mass is 32.2. The molecule has 2 rings (SSSR count). The summed E-state index contributed by atoms with van der Waals surface area (Å²) in [6, 6.07) is 7.79. The van der Waals surface area contributed by atoms with E-state index in [1.807, 2.05) is 10.8 Å². The molecule has 1 amide bonds. The average Bonchev–Trinajstić information content (AvgIpc) is 3.04. The Morgan fingerprint density at radius 1 is 1.33 bits per heavy atom. The van der Waals surface area contributed by atoms with Gasteiger partial charge in [0.1, 0.15) is 6.04 Å². The molecule has 0 fully saturated rings. The second-order valence-electron chi connectivity index (χ2n) is 5.52. The van der Waals surface area contributed by atoms with Gasteiger partial charge in [0.05, 0.1) is 18.3 Å². The van der Waals surface area contributed by atoms with Gasteiger partial charge < -0.3 is 9.88 Å². The Morgan fingerprint density at radius 3 is 2.62 bits per heavy atom. The lowest BCUT2D eigenvalue weighted by atomic mass is 10.2. The van der Waals surface area contributed by atoms with Crippen molar-refractivity contribution in [2.75, 3.05) is 17.1 Å². The number of anilines is 1. The van der Waals surface area contributed by atoms with Gasteiger partial charge in [0.25, 0.3) is 0 Å². The molecule has 0 saturated heterocycles. The van der Waals surface area contributed by atoms with Gasteiger partial charge in [0, 0.05) is 25.5 Å². The van der Waals surface area contributed by atoms with Crippen molar-refractivity contribution in [2.45, 2.75) is 25.9 Å². The molecule has 1 aromatic heterocycles. The zero-order valence-electron chi connectivity index (χ0n) is 13.8. The smallest absolute Gasteiger partial charge is 0.243 e. The van der Waals surface area contributed by atoms with Crippen molar-refractivity contribution in [2.24, 2.45) is 0 Å². The molecular weight excluding hydrogens is 328 g/mol. The summed E-state index contributed by atoms with van der Waals surface area (Å²) in [5.41, 5.74) is 0.473. The topological polar surface area (TPSA) is 84.3 Å². The molecule has 0 radical (unpaired) electrons. The number of nitrogens with one attached hydrogen (secondary N) is 1. The summed E-state index contributed by atoms with van der Waals surface area (Å²) in [6.07, 6.45) is 7.10. The Bertz CT molecular complexity index is 745. The molecule has 0 aliphatic rings. The molecule has 7 nitrogen and oxygen atoms in total. The van der Waals surface area contributed by atoms with Gasteiger partial charge >= 0.3 is 0 Å². The zero-order chi connectivity index (χ0) is 17.6. The van der Waals surface area contributed by atoms with Crippen molar-refractivity contribution in [1.29, 1.82) is 0 Å². The number of benzene rings is 1. The van der Waals surface area contributed by atoms with Crippen LogP contribution in [0.15, 0.2) is 49.1 Å². The first-order valence-electron chi connectivity index (χ1n) is 7.67. The van der Waals surface area contributed by atoms with Crippen LogP contribution in [0.3, 0.4) is 0 Å². The molecule has 24 heavy (non-hydrogen) atoms. The van der Waals surface area contributed by atoms with Crippen molar-refractivity contribution < 1.29 is 13.2 Å². The predicted molar refractivity (Wildman–Crippen MR) is 93.1 cm³/mol. The number of aromatic nitrogens is 2. The maximum absolute atomic E-state index is 12.3. The van der Waals surface area contributed by atoms with E-state index in [1.54, 1.807) is 49.8 Å². The highest BCUT2D eigenvalue weighted by molar-refractivity contribution is 7.92. The molecule has 0 aliphatic carbocycles. The molecule has 0 spiro atoms. The number of carbonyl (C=O) groups is 1. The summed E-state index contributed by atoms with van der Waals surface area (Å²) in [7, 11) is -3.57. The number of nitrogens with zero attached hydrogens (tertiary/aromatic N) is 3. The van der Waals surface area contributed by atoms with Crippen LogP contribution < -0.4 is 9.62 Å². The van der Waals surface area contributed by atoms with Gasteiger partial charge in [-0.15, -0.1) is 0 Å². The lowest BCUT2D eigenvalue weighted by Crippen LogP contribution is -2.48. The quantitative estimate of drug-likeness (QED) is 0.726. The van der Waals surface area contributed by atoms with Crippen LogP contribution in [-0.4, -0.2) is 42.7 Å². The number of imidazole rings is 1. The lowest BCUT2D eigenvalue weighted by molar-refractivity contribution is -0.121. The molecule has 0 unspecified atom stereocenters. The minimum Gasteiger partial charge on any atom is -0.354 e. The van der Waals surface area contributed by atoms with E-state index >= 15 is 0 Å². The Balaban J connectivity index is 1.96. The Kier molecular flexibility index (Phi) is 5.97. The van der Waals surface area contributed by atoms with E-state index in [0.29, 0.717) is 12.2 Å². The number of amides is 1. The molecule has 0 saturated carbocycles. The van der Waals surface area contributed by atoms with E-state index in [-0.39, 0.29) is 5.91 Å². The number of rotatable bonds is 8. The van der Waals surface area contributed by atoms with E-state index in [1.165, 1.54) is 0 Å². The van der Waals surface area contributed by atoms with Gasteiger partial charge in [-0.25, -0.2) is 13.4 Å². The van der Waals surface area contributed by atoms with Crippen molar-refractivity contribution in [3.8, 4) is 0 Å². The lowest BCUT2D eigenvalue weighted by Gasteiger charge is -2.28. The van der Waals surface area contributed by atoms with Crippen LogP contribution >= 0.6 is 0 Å². The maximum atomic E-state index is 12.3. The second kappa shape index (κ2) is 7.96. The van der Waals surface area contributed by atoms with E-state index < -0.39 is 16.1 Å². The molecule has 0 aliphatic heterocycles. The third kappa shape index (κ3) is 4.82. The molecular formula is C16H22N4O3S. The molecule has 0 bridgehead atoms. The molecule has 130 valence electrons. The Morgan fingerprint density at radius 2 is 2.04 bits per heavy atom. The average molecular weight is 350 g/mol. The minimum absolute atomic E-state index is 0.324. The number of para-hydroxylation sites is 1. The fourth-order valence-electron chi connectivity index (χ4n) is 2.42. The number of hydrogen-bond acceptors (Lipinski definition) is 4. The Labute approximate surface area is 142 Å². The van der Waals surface area contributed by atoms with Crippen molar-refractivity contribution >= 4 is 21.6 Å². The molecule has 8 heteroatoms. The first kappa shape index (κ1) is 18.0. The fraction of sp³-hybridized carbons (Fsp3) is 0.375. The van der Waals surface area contributed by atoms with Gasteiger partial charge in [0.15, 0.2) is 0 Å². The van der Waals surface area contributed by atoms with Gasteiger partial charge in [-0.2, -0.15) is 0 Å². The molecule has 1 N–H and O–H groups in total. The molecule has 1 aromatic carbocycles. The summed E-state index contributed by atoms with van der Waals surface area (Å²) >= 11 is 0. The summed E-state index contributed by atoms with van der Waals surface area (Å²) in [5, 5.41) is 2.79. The predicted octanol–water partition coefficient (Wildman–Crippen LogP) is 1.24. The van der Waals surface area contributed by atoms with Crippen LogP contribution in [0.2, 0.25) is 0 Å². The van der Waals surface area contributed by atoms with Crippen molar-refractivity contribution in [3.05, 3.63) is 49.1 Å². The minimum atomic E-state index is -3.57. The van der Waals surface area contributed by atoms with Crippen LogP contribution in [0.25, 0.3) is 0 Å². The van der Waals surface area contributed by atoms with Crippen LogP contribution in [0.4, 0.5) is 5.69 Å². The van der Waals surface area contributed by atoms with Crippen LogP contribution in [0.5, 0.6) is 0 Å². The third-order valence-corrected chi connectivity index (χ3v) is 4.79. The number of carbonyl (C=O) groups excluding carboxylic acids is 1. The summed E-state index contributed by atoms with van der Waals surface area (Å²) < 4.78 is 27.3. The highest BCUT2D eigenvalue weighted by Crippen LogP contribution is 2.20. The maximum Gasteiger partial charge on any atom is 0.243 e. The largest absolute Gasteiger partial charge is 0.354 e. The van der Waals surface area contributed by atoms with Gasteiger partial charge in [-0.3, -0.25) is 9.10 Å². The fourth-order valence-corrected chi connectivity index (χ4v) is 3.60. The molecule has 1 atom stereocenters. The van der Waals surface area contributed by atoms with Crippen LogP contribution in [0.1, 0.15) is 13.3 Å². The van der Waals surface area contributed by atoms with E-state index in [0.717, 1.165) is 23.5 Å². The normalized spacial score (nSPS) is 12.6. The number of hydrogen-bond donors (Lipinski definition) is 1.